The number of allylic oxidation sites excluding steroid dienone is 2. The Morgan fingerprint density at radius 2 is 2.00 bits per heavy atom. The number of phenols is 1. The summed E-state index contributed by atoms with van der Waals surface area (Å²) in [5.41, 5.74) is 3.57. The topological polar surface area (TPSA) is 99.9 Å². The second kappa shape index (κ2) is 11.3. The van der Waals surface area contributed by atoms with Crippen LogP contribution in [-0.4, -0.2) is 60.5 Å². The van der Waals surface area contributed by atoms with Crippen LogP contribution in [-0.2, 0) is 9.53 Å². The number of rotatable bonds is 7. The average molecular weight is 504 g/mol. The second-order valence-corrected chi connectivity index (χ2v) is 8.86. The third-order valence-corrected chi connectivity index (χ3v) is 6.29. The number of amides is 1. The van der Waals surface area contributed by atoms with Crippen molar-refractivity contribution in [3.8, 4) is 17.0 Å². The molecule has 1 fully saturated rings. The van der Waals surface area contributed by atoms with Gasteiger partial charge in [-0.25, -0.2) is 14.4 Å². The summed E-state index contributed by atoms with van der Waals surface area (Å²) in [4.78, 5) is 28.4. The normalized spacial score (nSPS) is 14.5. The molecule has 1 amide bonds. The molecule has 0 spiro atoms. The molecule has 2 N–H and O–H groups in total. The third kappa shape index (κ3) is 5.36. The van der Waals surface area contributed by atoms with E-state index in [9.17, 15) is 9.90 Å². The summed E-state index contributed by atoms with van der Waals surface area (Å²) in [5, 5.41) is 14.0. The number of phenolic OH excluding ortho intramolecular Hbond substituents is 1. The number of aromatic nitrogens is 2. The summed E-state index contributed by atoms with van der Waals surface area (Å²) in [5.74, 6) is -2.39. The highest BCUT2D eigenvalue weighted by Crippen LogP contribution is 2.39. The average Bonchev–Trinajstić information content (AvgIpc) is 2.91. The maximum atomic E-state index is 15.3. The Hall–Kier alpha value is -4.11. The van der Waals surface area contributed by atoms with Gasteiger partial charge in [0.15, 0.2) is 0 Å². The van der Waals surface area contributed by atoms with Crippen molar-refractivity contribution in [1.82, 2.24) is 15.3 Å². The zero-order chi connectivity index (χ0) is 26.5. The lowest BCUT2D eigenvalue weighted by Gasteiger charge is -2.29. The molecule has 1 unspecified atom stereocenters. The van der Waals surface area contributed by atoms with E-state index in [0.717, 1.165) is 30.4 Å². The highest BCUT2D eigenvalue weighted by Gasteiger charge is 2.29. The summed E-state index contributed by atoms with van der Waals surface area (Å²) >= 11 is 0. The predicted octanol–water partition coefficient (Wildman–Crippen LogP) is 4.36. The van der Waals surface area contributed by atoms with Gasteiger partial charge in [-0.2, -0.15) is 0 Å². The summed E-state index contributed by atoms with van der Waals surface area (Å²) in [6, 6.07) is 8.25. The van der Waals surface area contributed by atoms with E-state index in [4.69, 9.17) is 4.74 Å². The van der Waals surface area contributed by atoms with Crippen LogP contribution in [0.2, 0.25) is 0 Å². The van der Waals surface area contributed by atoms with E-state index in [0.29, 0.717) is 35.5 Å². The maximum absolute atomic E-state index is 15.3. The van der Waals surface area contributed by atoms with Crippen LogP contribution in [0.4, 0.5) is 10.1 Å². The molecule has 1 aliphatic heterocycles. The number of nitrogens with zero attached hydrogens (tertiary/aromatic N) is 4. The van der Waals surface area contributed by atoms with Gasteiger partial charge in [-0.1, -0.05) is 18.2 Å². The van der Waals surface area contributed by atoms with Crippen LogP contribution in [0, 0.1) is 5.82 Å². The minimum atomic E-state index is -0.980. The first-order valence-corrected chi connectivity index (χ1v) is 12.0. The number of hydrogen-bond donors (Lipinski definition) is 2. The fourth-order valence-corrected chi connectivity index (χ4v) is 4.45. The van der Waals surface area contributed by atoms with Gasteiger partial charge >= 0.3 is 0 Å². The molecule has 4 rings (SSSR count). The number of aliphatic imine (C=N–C) groups is 1. The van der Waals surface area contributed by atoms with Crippen LogP contribution >= 0.6 is 0 Å². The standard InChI is InChI=1S/C28H30FN5O3/c1-5-8-31-26(17(2)3)25(28(36)30-4)21-14-20(22(29)15-24(21)35)27-19-7-6-18(13-23(19)32-16-33-27)34-9-11-37-12-10-34/h5-8,13-16,25,35H,1,9-12H2,2-4H3,(H,30,36). The Balaban J connectivity index is 1.87. The van der Waals surface area contributed by atoms with Gasteiger partial charge in [-0.05, 0) is 38.1 Å². The Labute approximate surface area is 215 Å². The number of likely N-dealkylation sites (N-methyl/N-ethyl adjacent to an activating group) is 1. The molecule has 37 heavy (non-hydrogen) atoms. The molecule has 2 aromatic carbocycles. The largest absolute Gasteiger partial charge is 0.508 e. The van der Waals surface area contributed by atoms with Crippen molar-refractivity contribution in [2.24, 2.45) is 4.99 Å². The molecular formula is C28H30FN5O3. The monoisotopic (exact) mass is 503 g/mol. The van der Waals surface area contributed by atoms with E-state index in [1.807, 2.05) is 32.0 Å². The van der Waals surface area contributed by atoms with Gasteiger partial charge in [-0.3, -0.25) is 9.79 Å². The Morgan fingerprint density at radius 1 is 1.24 bits per heavy atom. The molecule has 1 aromatic heterocycles. The van der Waals surface area contributed by atoms with Crippen molar-refractivity contribution >= 4 is 28.7 Å². The maximum Gasteiger partial charge on any atom is 0.233 e. The molecule has 0 bridgehead atoms. The number of carbonyl (C=O) groups is 1. The summed E-state index contributed by atoms with van der Waals surface area (Å²) in [6.07, 6.45) is 4.36. The smallest absolute Gasteiger partial charge is 0.233 e. The molecule has 0 radical (unpaired) electrons. The summed E-state index contributed by atoms with van der Waals surface area (Å²) in [7, 11) is 1.50. The molecule has 1 aliphatic rings. The highest BCUT2D eigenvalue weighted by molar-refractivity contribution is 5.95. The number of halogens is 1. The lowest BCUT2D eigenvalue weighted by molar-refractivity contribution is -0.121. The molecule has 9 heteroatoms. The van der Waals surface area contributed by atoms with Crippen molar-refractivity contribution in [1.29, 1.82) is 0 Å². The van der Waals surface area contributed by atoms with Gasteiger partial charge < -0.3 is 20.1 Å². The molecule has 3 aromatic rings. The van der Waals surface area contributed by atoms with Crippen molar-refractivity contribution in [3.05, 3.63) is 72.0 Å². The van der Waals surface area contributed by atoms with Crippen molar-refractivity contribution in [3.63, 3.8) is 0 Å². The van der Waals surface area contributed by atoms with Gasteiger partial charge in [0, 0.05) is 54.6 Å². The molecular weight excluding hydrogens is 473 g/mol. The van der Waals surface area contributed by atoms with Gasteiger partial charge in [-0.15, -0.1) is 0 Å². The molecule has 2 heterocycles. The fourth-order valence-electron chi connectivity index (χ4n) is 4.45. The van der Waals surface area contributed by atoms with E-state index in [1.54, 1.807) is 0 Å². The molecule has 1 atom stereocenters. The van der Waals surface area contributed by atoms with E-state index in [1.165, 1.54) is 31.7 Å². The molecule has 8 nitrogen and oxygen atoms in total. The number of ether oxygens (including phenoxy) is 1. The summed E-state index contributed by atoms with van der Waals surface area (Å²) in [6.45, 7) is 10.2. The van der Waals surface area contributed by atoms with Crippen molar-refractivity contribution in [2.75, 3.05) is 38.3 Å². The molecule has 0 saturated carbocycles. The number of nitrogens with one attached hydrogen (secondary N) is 1. The first kappa shape index (κ1) is 26.0. The van der Waals surface area contributed by atoms with Crippen LogP contribution in [0.3, 0.4) is 0 Å². The van der Waals surface area contributed by atoms with E-state index in [-0.39, 0.29) is 16.9 Å². The fraction of sp³-hybridized carbons (Fsp3) is 0.286. The lowest BCUT2D eigenvalue weighted by Crippen LogP contribution is -2.36. The molecule has 1 saturated heterocycles. The zero-order valence-electron chi connectivity index (χ0n) is 21.2. The number of benzene rings is 2. The second-order valence-electron chi connectivity index (χ2n) is 8.86. The Morgan fingerprint density at radius 3 is 2.68 bits per heavy atom. The van der Waals surface area contributed by atoms with E-state index < -0.39 is 17.6 Å². The quantitative estimate of drug-likeness (QED) is 0.465. The van der Waals surface area contributed by atoms with Gasteiger partial charge in [0.25, 0.3) is 0 Å². The van der Waals surface area contributed by atoms with Crippen molar-refractivity contribution in [2.45, 2.75) is 19.8 Å². The first-order chi connectivity index (χ1) is 17.8. The number of carbonyl (C=O) groups excluding carboxylic acids is 1. The highest BCUT2D eigenvalue weighted by atomic mass is 19.1. The Bertz CT molecular complexity index is 1390. The van der Waals surface area contributed by atoms with Gasteiger partial charge in [0.05, 0.1) is 30.1 Å². The Kier molecular flexibility index (Phi) is 7.93. The van der Waals surface area contributed by atoms with E-state index >= 15 is 4.39 Å². The number of hydrogen-bond acceptors (Lipinski definition) is 7. The zero-order valence-corrected chi connectivity index (χ0v) is 21.2. The summed E-state index contributed by atoms with van der Waals surface area (Å²) < 4.78 is 20.8. The number of morpholine rings is 1. The molecule has 0 aliphatic carbocycles. The SMILES string of the molecule is C=CC=NC(=C(C)C)C(C(=O)NC)c1cc(-c2ncnc3cc(N4CCOCC4)ccc23)c(F)cc1O. The number of fused-ring (bicyclic) bond motifs is 1. The van der Waals surface area contributed by atoms with Crippen LogP contribution in [0.15, 0.2) is 65.6 Å². The minimum absolute atomic E-state index is 0.147. The van der Waals surface area contributed by atoms with Crippen LogP contribution in [0.1, 0.15) is 25.3 Å². The lowest BCUT2D eigenvalue weighted by atomic mass is 9.89. The van der Waals surface area contributed by atoms with E-state index in [2.05, 4.69) is 31.8 Å². The molecule has 192 valence electrons. The van der Waals surface area contributed by atoms with Crippen LogP contribution in [0.25, 0.3) is 22.2 Å². The van der Waals surface area contributed by atoms with Gasteiger partial charge in [0.2, 0.25) is 5.91 Å². The predicted molar refractivity (Wildman–Crippen MR) is 143 cm³/mol. The van der Waals surface area contributed by atoms with Crippen LogP contribution in [0.5, 0.6) is 5.75 Å². The minimum Gasteiger partial charge on any atom is -0.508 e. The van der Waals surface area contributed by atoms with Gasteiger partial charge in [0.1, 0.15) is 23.8 Å². The third-order valence-electron chi connectivity index (χ3n) is 6.29. The number of anilines is 1. The number of aromatic hydroxyl groups is 1. The van der Waals surface area contributed by atoms with Crippen molar-refractivity contribution < 1.29 is 19.0 Å². The first-order valence-electron chi connectivity index (χ1n) is 12.0. The van der Waals surface area contributed by atoms with Crippen LogP contribution < -0.4 is 10.2 Å².